The number of halogens is 1. The number of thiazole rings is 1. The van der Waals surface area contributed by atoms with E-state index in [0.29, 0.717) is 23.3 Å². The quantitative estimate of drug-likeness (QED) is 0.327. The first kappa shape index (κ1) is 21.4. The molecule has 0 atom stereocenters. The zero-order valence-electron chi connectivity index (χ0n) is 17.5. The predicted octanol–water partition coefficient (Wildman–Crippen LogP) is 5.04. The smallest absolute Gasteiger partial charge is 0.299 e. The number of anilines is 1. The van der Waals surface area contributed by atoms with Crippen molar-refractivity contribution in [2.75, 3.05) is 25.2 Å². The average molecular weight is 480 g/mol. The highest BCUT2D eigenvalue weighted by atomic mass is 32.1. The van der Waals surface area contributed by atoms with Gasteiger partial charge in [0.2, 0.25) is 5.82 Å². The molecule has 3 heterocycles. The predicted molar refractivity (Wildman–Crippen MR) is 128 cm³/mol. The second kappa shape index (κ2) is 9.18. The summed E-state index contributed by atoms with van der Waals surface area (Å²) in [5.74, 6) is -0.337. The summed E-state index contributed by atoms with van der Waals surface area (Å²) >= 11 is 2.88. The largest absolute Gasteiger partial charge is 0.383 e. The first-order valence-electron chi connectivity index (χ1n) is 10.1. The second-order valence-electron chi connectivity index (χ2n) is 7.04. The monoisotopic (exact) mass is 479 g/mol. The van der Waals surface area contributed by atoms with E-state index in [2.05, 4.69) is 15.1 Å². The maximum atomic E-state index is 13.9. The summed E-state index contributed by atoms with van der Waals surface area (Å²) in [6, 6.07) is 17.5. The van der Waals surface area contributed by atoms with Gasteiger partial charge < -0.3 is 4.74 Å². The van der Waals surface area contributed by atoms with Crippen LogP contribution >= 0.6 is 22.7 Å². The van der Waals surface area contributed by atoms with Crippen LogP contribution in [0.5, 0.6) is 0 Å². The Labute approximate surface area is 196 Å². The number of carbonyl (C=O) groups is 1. The highest BCUT2D eigenvalue weighted by molar-refractivity contribution is 7.22. The van der Waals surface area contributed by atoms with E-state index in [1.54, 1.807) is 19.2 Å². The fourth-order valence-corrected chi connectivity index (χ4v) is 5.01. The Morgan fingerprint density at radius 3 is 2.76 bits per heavy atom. The molecule has 5 rings (SSSR count). The van der Waals surface area contributed by atoms with Gasteiger partial charge >= 0.3 is 0 Å². The molecule has 166 valence electrons. The summed E-state index contributed by atoms with van der Waals surface area (Å²) in [5.41, 5.74) is 1.29. The maximum Gasteiger partial charge on any atom is 0.299 e. The van der Waals surface area contributed by atoms with Crippen molar-refractivity contribution < 1.29 is 13.9 Å². The maximum absolute atomic E-state index is 13.9. The highest BCUT2D eigenvalue weighted by Gasteiger charge is 2.27. The van der Waals surface area contributed by atoms with Crippen molar-refractivity contribution in [3.05, 3.63) is 77.7 Å². The number of ether oxygens (including phenoxy) is 1. The molecule has 0 fully saturated rings. The first-order valence-corrected chi connectivity index (χ1v) is 11.8. The number of carbonyl (C=O) groups excluding carboxylic acids is 1. The molecule has 10 heteroatoms. The van der Waals surface area contributed by atoms with Gasteiger partial charge in [-0.1, -0.05) is 35.6 Å². The highest BCUT2D eigenvalue weighted by Crippen LogP contribution is 2.30. The van der Waals surface area contributed by atoms with Crippen LogP contribution in [0.3, 0.4) is 0 Å². The number of hydrogen-bond acceptors (Lipinski definition) is 7. The minimum atomic E-state index is -0.404. The number of methoxy groups -OCH3 is 1. The summed E-state index contributed by atoms with van der Waals surface area (Å²) in [5, 5.41) is 6.93. The van der Waals surface area contributed by atoms with Crippen LogP contribution < -0.4 is 4.90 Å². The van der Waals surface area contributed by atoms with Crippen molar-refractivity contribution in [1.29, 1.82) is 0 Å². The lowest BCUT2D eigenvalue weighted by Crippen LogP contribution is -2.34. The van der Waals surface area contributed by atoms with Gasteiger partial charge in [0, 0.05) is 7.11 Å². The van der Waals surface area contributed by atoms with Crippen LogP contribution in [0.1, 0.15) is 10.6 Å². The van der Waals surface area contributed by atoms with Gasteiger partial charge in [-0.2, -0.15) is 0 Å². The molecule has 0 saturated heterocycles. The van der Waals surface area contributed by atoms with Crippen molar-refractivity contribution >= 4 is 43.9 Å². The van der Waals surface area contributed by atoms with E-state index in [0.717, 1.165) is 15.1 Å². The van der Waals surface area contributed by atoms with Crippen molar-refractivity contribution in [2.24, 2.45) is 0 Å². The van der Waals surface area contributed by atoms with Crippen LogP contribution in [-0.4, -0.2) is 45.9 Å². The molecule has 0 aliphatic heterocycles. The molecule has 1 amide bonds. The van der Waals surface area contributed by atoms with Crippen molar-refractivity contribution in [3.63, 3.8) is 0 Å². The molecule has 7 nitrogen and oxygen atoms in total. The van der Waals surface area contributed by atoms with Crippen LogP contribution in [0, 0.1) is 5.82 Å². The number of para-hydroxylation sites is 1. The molecule has 0 radical (unpaired) electrons. The number of rotatable bonds is 7. The number of fused-ring (bicyclic) bond motifs is 1. The molecule has 0 saturated carbocycles. The van der Waals surface area contributed by atoms with Gasteiger partial charge in [-0.05, 0) is 41.8 Å². The van der Waals surface area contributed by atoms with E-state index in [1.807, 2.05) is 41.8 Å². The fraction of sp³-hybridized carbons (Fsp3) is 0.130. The van der Waals surface area contributed by atoms with Gasteiger partial charge in [-0.25, -0.2) is 19.0 Å². The van der Waals surface area contributed by atoms with Gasteiger partial charge in [-0.15, -0.1) is 16.4 Å². The van der Waals surface area contributed by atoms with Crippen molar-refractivity contribution in [3.8, 4) is 16.4 Å². The van der Waals surface area contributed by atoms with Gasteiger partial charge in [0.1, 0.15) is 5.82 Å². The van der Waals surface area contributed by atoms with Crippen LogP contribution in [-0.2, 0) is 4.74 Å². The van der Waals surface area contributed by atoms with E-state index >= 15 is 0 Å². The number of hydrogen-bond donors (Lipinski definition) is 0. The molecule has 0 N–H and O–H groups in total. The molecule has 0 unspecified atom stereocenters. The lowest BCUT2D eigenvalue weighted by atomic mass is 10.3. The molecular formula is C23H18FN5O2S2. The van der Waals surface area contributed by atoms with E-state index in [9.17, 15) is 9.18 Å². The standard InChI is InChI=1S/C23H18FN5O2S2/c1-31-12-11-28(23-25-17-8-2-3-9-18(17)33-23)22(30)20-26-21(19-10-5-13-32-19)29(27-20)16-7-4-6-15(24)14-16/h2-10,13-14H,11-12H2,1H3. The lowest BCUT2D eigenvalue weighted by molar-refractivity contribution is 0.0966. The number of benzene rings is 2. The molecule has 33 heavy (non-hydrogen) atoms. The van der Waals surface area contributed by atoms with Crippen molar-refractivity contribution in [2.45, 2.75) is 0 Å². The Hall–Kier alpha value is -3.47. The molecule has 0 spiro atoms. The summed E-state index contributed by atoms with van der Waals surface area (Å²) in [4.78, 5) is 25.1. The Morgan fingerprint density at radius 1 is 1.12 bits per heavy atom. The molecule has 5 aromatic rings. The number of aromatic nitrogens is 4. The third-order valence-corrected chi connectivity index (χ3v) is 6.80. The summed E-state index contributed by atoms with van der Waals surface area (Å²) in [6.07, 6.45) is 0. The Kier molecular flexibility index (Phi) is 5.95. The second-order valence-corrected chi connectivity index (χ2v) is 9.00. The van der Waals surface area contributed by atoms with Gasteiger partial charge in [0.25, 0.3) is 5.91 Å². The van der Waals surface area contributed by atoms with E-state index < -0.39 is 11.7 Å². The third kappa shape index (κ3) is 4.28. The van der Waals surface area contributed by atoms with Crippen LogP contribution in [0.15, 0.2) is 66.0 Å². The summed E-state index contributed by atoms with van der Waals surface area (Å²) in [7, 11) is 1.58. The molecule has 0 aliphatic carbocycles. The summed E-state index contributed by atoms with van der Waals surface area (Å²) in [6.45, 7) is 0.613. The van der Waals surface area contributed by atoms with Crippen LogP contribution in [0.4, 0.5) is 9.52 Å². The minimum Gasteiger partial charge on any atom is -0.383 e. The zero-order valence-corrected chi connectivity index (χ0v) is 19.1. The van der Waals surface area contributed by atoms with E-state index in [-0.39, 0.29) is 12.4 Å². The molecular weight excluding hydrogens is 461 g/mol. The molecule has 0 bridgehead atoms. The fourth-order valence-electron chi connectivity index (χ4n) is 3.32. The van der Waals surface area contributed by atoms with E-state index in [1.165, 1.54) is 44.4 Å². The van der Waals surface area contributed by atoms with Crippen LogP contribution in [0.25, 0.3) is 26.6 Å². The minimum absolute atomic E-state index is 0.00183. The van der Waals surface area contributed by atoms with Gasteiger partial charge in [0.05, 0.1) is 33.9 Å². The number of nitrogens with zero attached hydrogens (tertiary/aromatic N) is 5. The molecule has 2 aromatic carbocycles. The van der Waals surface area contributed by atoms with E-state index in [4.69, 9.17) is 4.74 Å². The first-order chi connectivity index (χ1) is 16.1. The average Bonchev–Trinajstić information content (AvgIpc) is 3.58. The Morgan fingerprint density at radius 2 is 2.00 bits per heavy atom. The normalized spacial score (nSPS) is 11.2. The van der Waals surface area contributed by atoms with Gasteiger partial charge in [0.15, 0.2) is 11.0 Å². The van der Waals surface area contributed by atoms with Crippen molar-refractivity contribution in [1.82, 2.24) is 19.7 Å². The third-order valence-electron chi connectivity index (χ3n) is 4.87. The number of thiophene rings is 1. The SMILES string of the molecule is COCCN(C(=O)c1nc(-c2cccs2)n(-c2cccc(F)c2)n1)c1nc2ccccc2s1. The molecule has 0 aliphatic rings. The Balaban J connectivity index is 1.59. The zero-order chi connectivity index (χ0) is 22.8. The lowest BCUT2D eigenvalue weighted by Gasteiger charge is -2.17. The summed E-state index contributed by atoms with van der Waals surface area (Å²) < 4.78 is 21.6. The number of amides is 1. The van der Waals surface area contributed by atoms with Gasteiger partial charge in [-0.3, -0.25) is 9.69 Å². The Bertz CT molecular complexity index is 1380. The molecule has 3 aromatic heterocycles. The topological polar surface area (TPSA) is 73.1 Å². The van der Waals surface area contributed by atoms with Crippen LogP contribution in [0.2, 0.25) is 0 Å².